The van der Waals surface area contributed by atoms with Gasteiger partial charge in [-0.3, -0.25) is 14.6 Å². The average Bonchev–Trinajstić information content (AvgIpc) is 2.88. The third-order valence-electron chi connectivity index (χ3n) is 6.83. The lowest BCUT2D eigenvalue weighted by molar-refractivity contribution is -0.139. The van der Waals surface area contributed by atoms with Crippen LogP contribution in [0.3, 0.4) is 0 Å². The fourth-order valence-electron chi connectivity index (χ4n) is 4.94. The van der Waals surface area contributed by atoms with Gasteiger partial charge in [0.2, 0.25) is 0 Å². The highest BCUT2D eigenvalue weighted by molar-refractivity contribution is 7.99. The molecule has 2 atom stereocenters. The van der Waals surface area contributed by atoms with Crippen LogP contribution in [0.25, 0.3) is 10.9 Å². The zero-order chi connectivity index (χ0) is 26.4. The molecule has 0 saturated carbocycles. The Kier molecular flexibility index (Phi) is 9.34. The molecular weight excluding hydrogens is 517 g/mol. The minimum absolute atomic E-state index is 0.0491. The van der Waals surface area contributed by atoms with Gasteiger partial charge in [0.15, 0.2) is 11.6 Å². The molecule has 0 spiro atoms. The Morgan fingerprint density at radius 1 is 1.27 bits per heavy atom. The fraction of sp³-hybridized carbons (Fsp3) is 0.407. The van der Waals surface area contributed by atoms with Gasteiger partial charge in [-0.25, -0.2) is 9.37 Å². The molecule has 0 aliphatic carbocycles. The van der Waals surface area contributed by atoms with E-state index in [4.69, 9.17) is 16.3 Å². The number of pyridine rings is 2. The summed E-state index contributed by atoms with van der Waals surface area (Å²) in [5.41, 5.74) is 1.09. The number of ketones is 1. The number of rotatable bonds is 11. The number of aliphatic carboxylic acids is 1. The molecule has 1 aliphatic heterocycles. The van der Waals surface area contributed by atoms with Crippen molar-refractivity contribution in [2.45, 2.75) is 30.7 Å². The highest BCUT2D eigenvalue weighted by Crippen LogP contribution is 2.33. The third-order valence-corrected chi connectivity index (χ3v) is 8.08. The maximum atomic E-state index is 13.8. The van der Waals surface area contributed by atoms with Gasteiger partial charge in [0.05, 0.1) is 17.6 Å². The minimum atomic E-state index is -0.844. The monoisotopic (exact) mass is 545 g/mol. The molecule has 3 aromatic rings. The second-order valence-corrected chi connectivity index (χ2v) is 10.7. The zero-order valence-electron chi connectivity index (χ0n) is 20.5. The maximum Gasteiger partial charge on any atom is 0.303 e. The summed E-state index contributed by atoms with van der Waals surface area (Å²) in [6, 6.07) is 8.30. The van der Waals surface area contributed by atoms with Gasteiger partial charge in [0.25, 0.3) is 0 Å². The van der Waals surface area contributed by atoms with E-state index in [1.807, 2.05) is 0 Å². The lowest BCUT2D eigenvalue weighted by Gasteiger charge is -2.38. The number of carbonyl (C=O) groups is 2. The quantitative estimate of drug-likeness (QED) is 0.246. The number of likely N-dealkylation sites (tertiary alicyclic amines) is 1. The van der Waals surface area contributed by atoms with Crippen molar-refractivity contribution in [3.05, 3.63) is 59.1 Å². The number of ether oxygens (including phenoxy) is 1. The minimum Gasteiger partial charge on any atom is -0.497 e. The zero-order valence-corrected chi connectivity index (χ0v) is 22.1. The van der Waals surface area contributed by atoms with Crippen molar-refractivity contribution in [3.8, 4) is 5.75 Å². The Balaban J connectivity index is 1.38. The van der Waals surface area contributed by atoms with E-state index in [2.05, 4.69) is 14.9 Å². The second-order valence-electron chi connectivity index (χ2n) is 9.17. The molecule has 0 unspecified atom stereocenters. The molecule has 37 heavy (non-hydrogen) atoms. The summed E-state index contributed by atoms with van der Waals surface area (Å²) in [4.78, 5) is 35.5. The van der Waals surface area contributed by atoms with Gasteiger partial charge in [0.1, 0.15) is 10.8 Å². The molecule has 1 aliphatic rings. The number of hydrogen-bond donors (Lipinski definition) is 1. The van der Waals surface area contributed by atoms with Gasteiger partial charge >= 0.3 is 5.97 Å². The number of carboxylic acid groups (broad SMARTS) is 1. The van der Waals surface area contributed by atoms with Crippen LogP contribution in [0.15, 0.2) is 47.8 Å². The van der Waals surface area contributed by atoms with Crippen LogP contribution in [0.4, 0.5) is 4.39 Å². The van der Waals surface area contributed by atoms with Crippen LogP contribution in [0.1, 0.15) is 36.0 Å². The summed E-state index contributed by atoms with van der Waals surface area (Å²) in [6.45, 7) is 2.14. The number of carbonyl (C=O) groups excluding carboxylic acids is 1. The van der Waals surface area contributed by atoms with Gasteiger partial charge in [-0.05, 0) is 61.6 Å². The van der Waals surface area contributed by atoms with Crippen molar-refractivity contribution < 1.29 is 23.8 Å². The Labute approximate surface area is 224 Å². The molecule has 7 nitrogen and oxygen atoms in total. The van der Waals surface area contributed by atoms with Crippen molar-refractivity contribution in [1.82, 2.24) is 14.9 Å². The molecule has 1 fully saturated rings. The molecule has 10 heteroatoms. The van der Waals surface area contributed by atoms with Crippen LogP contribution in [0.5, 0.6) is 5.75 Å². The number of nitrogens with zero attached hydrogens (tertiary/aromatic N) is 3. The molecule has 1 N–H and O–H groups in total. The molecule has 0 amide bonds. The van der Waals surface area contributed by atoms with Crippen LogP contribution < -0.4 is 4.74 Å². The van der Waals surface area contributed by atoms with E-state index in [0.29, 0.717) is 57.5 Å². The number of aromatic nitrogens is 2. The fourth-order valence-corrected chi connectivity index (χ4v) is 6.08. The van der Waals surface area contributed by atoms with E-state index in [1.165, 1.54) is 24.0 Å². The number of halogens is 2. The molecule has 3 heterocycles. The van der Waals surface area contributed by atoms with Crippen molar-refractivity contribution >= 4 is 46.0 Å². The predicted octanol–water partition coefficient (Wildman–Crippen LogP) is 5.60. The number of benzene rings is 1. The second kappa shape index (κ2) is 12.7. The van der Waals surface area contributed by atoms with Crippen molar-refractivity contribution in [2.24, 2.45) is 11.8 Å². The van der Waals surface area contributed by atoms with Gasteiger partial charge < -0.3 is 14.7 Å². The molecule has 0 bridgehead atoms. The van der Waals surface area contributed by atoms with Crippen molar-refractivity contribution in [1.29, 1.82) is 0 Å². The number of thioether (sulfide) groups is 1. The highest BCUT2D eigenvalue weighted by atomic mass is 35.5. The van der Waals surface area contributed by atoms with Crippen LogP contribution in [0.2, 0.25) is 5.02 Å². The van der Waals surface area contributed by atoms with Crippen molar-refractivity contribution in [3.63, 3.8) is 0 Å². The van der Waals surface area contributed by atoms with E-state index in [-0.39, 0.29) is 36.3 Å². The third kappa shape index (κ3) is 6.97. The smallest absolute Gasteiger partial charge is 0.303 e. The van der Waals surface area contributed by atoms with E-state index in [1.54, 1.807) is 37.6 Å². The number of Topliss-reactive ketones (excluding diaryl/α,β-unsaturated/α-hetero) is 1. The number of fused-ring (bicyclic) bond motifs is 1. The van der Waals surface area contributed by atoms with E-state index in [0.717, 1.165) is 13.0 Å². The van der Waals surface area contributed by atoms with Gasteiger partial charge in [0, 0.05) is 55.0 Å². The van der Waals surface area contributed by atoms with Crippen molar-refractivity contribution in [2.75, 3.05) is 32.5 Å². The lowest BCUT2D eigenvalue weighted by atomic mass is 9.79. The molecule has 1 aromatic carbocycles. The largest absolute Gasteiger partial charge is 0.497 e. The van der Waals surface area contributed by atoms with Gasteiger partial charge in [-0.15, -0.1) is 11.8 Å². The molecule has 2 aromatic heterocycles. The molecule has 0 radical (unpaired) electrons. The summed E-state index contributed by atoms with van der Waals surface area (Å²) < 4.78 is 19.1. The first-order valence-corrected chi connectivity index (χ1v) is 13.5. The standard InChI is InChI=1S/C27H29ClFN3O4S/c1-36-19-5-6-23-20(14-19)26(21(28)15-31-23)24(33)7-4-17-8-10-32(16-18(17)13-25(34)35)11-12-37-27-22(29)3-2-9-30-27/h2-3,5-6,9,14-15,17-18H,4,7-8,10-13,16H2,1H3,(H,34,35)/t17-,18-/m1/s1. The highest BCUT2D eigenvalue weighted by Gasteiger charge is 2.31. The summed E-state index contributed by atoms with van der Waals surface area (Å²) in [5, 5.41) is 10.8. The number of hydrogen-bond acceptors (Lipinski definition) is 7. The van der Waals surface area contributed by atoms with Gasteiger partial charge in [-0.1, -0.05) is 11.6 Å². The average molecular weight is 546 g/mol. The predicted molar refractivity (Wildman–Crippen MR) is 142 cm³/mol. The van der Waals surface area contributed by atoms with E-state index < -0.39 is 5.97 Å². The maximum absolute atomic E-state index is 13.8. The van der Waals surface area contributed by atoms with Gasteiger partial charge in [-0.2, -0.15) is 0 Å². The first-order chi connectivity index (χ1) is 17.9. The summed E-state index contributed by atoms with van der Waals surface area (Å²) in [6.07, 6.45) is 4.76. The Morgan fingerprint density at radius 2 is 2.11 bits per heavy atom. The number of piperidine rings is 1. The van der Waals surface area contributed by atoms with Crippen LogP contribution in [0, 0.1) is 17.7 Å². The van der Waals surface area contributed by atoms with Crippen LogP contribution >= 0.6 is 23.4 Å². The first-order valence-electron chi connectivity index (χ1n) is 12.2. The normalized spacial score (nSPS) is 18.1. The lowest BCUT2D eigenvalue weighted by Crippen LogP contribution is -2.42. The topological polar surface area (TPSA) is 92.6 Å². The summed E-state index contributed by atoms with van der Waals surface area (Å²) in [5.74, 6) is 0.0513. The Bertz CT molecular complexity index is 1280. The van der Waals surface area contributed by atoms with E-state index >= 15 is 0 Å². The molecule has 4 rings (SSSR count). The summed E-state index contributed by atoms with van der Waals surface area (Å²) >= 11 is 7.75. The Morgan fingerprint density at radius 3 is 2.86 bits per heavy atom. The molecule has 1 saturated heterocycles. The summed E-state index contributed by atoms with van der Waals surface area (Å²) in [7, 11) is 1.56. The SMILES string of the molecule is COc1ccc2ncc(Cl)c(C(=O)CC[C@@H]3CCN(CCSc4ncccc4F)C[C@H]3CC(=O)O)c2c1. The Hall–Kier alpha value is -2.75. The van der Waals surface area contributed by atoms with Crippen LogP contribution in [-0.2, 0) is 4.79 Å². The molecule has 196 valence electrons. The number of carboxylic acids is 1. The number of methoxy groups -OCH3 is 1. The first kappa shape index (κ1) is 27.3. The van der Waals surface area contributed by atoms with Crippen LogP contribution in [-0.4, -0.2) is 64.2 Å². The molecular formula is C27H29ClFN3O4S. The van der Waals surface area contributed by atoms with E-state index in [9.17, 15) is 19.1 Å².